The van der Waals surface area contributed by atoms with Gasteiger partial charge in [-0.25, -0.2) is 17.5 Å². The van der Waals surface area contributed by atoms with Gasteiger partial charge in [0.05, 0.1) is 0 Å². The van der Waals surface area contributed by atoms with E-state index < -0.39 is 26.3 Å². The van der Waals surface area contributed by atoms with Crippen LogP contribution >= 0.6 is 0 Å². The van der Waals surface area contributed by atoms with Gasteiger partial charge in [0.2, 0.25) is 10.0 Å². The van der Waals surface area contributed by atoms with Gasteiger partial charge in [-0.05, 0) is 36.5 Å². The molecule has 1 aliphatic carbocycles. The van der Waals surface area contributed by atoms with Crippen molar-refractivity contribution < 1.29 is 17.9 Å². The summed E-state index contributed by atoms with van der Waals surface area (Å²) < 4.78 is 40.7. The third-order valence-electron chi connectivity index (χ3n) is 4.18. The van der Waals surface area contributed by atoms with Crippen molar-refractivity contribution in [3.63, 3.8) is 0 Å². The van der Waals surface area contributed by atoms with Gasteiger partial charge in [-0.15, -0.1) is 0 Å². The molecule has 6 heteroatoms. The second kappa shape index (κ2) is 6.03. The predicted molar refractivity (Wildman–Crippen MR) is 84.7 cm³/mol. The molecule has 0 aromatic heterocycles. The summed E-state index contributed by atoms with van der Waals surface area (Å²) in [7, 11) is -4.02. The zero-order chi connectivity index (χ0) is 16.5. The van der Waals surface area contributed by atoms with E-state index in [2.05, 4.69) is 4.72 Å². The smallest absolute Gasteiger partial charge is 0.243 e. The SMILES string of the molecule is O=S(=O)(NC[C@](O)(c1ccccc1)C1CC1)c1ccccc1F. The number of rotatable bonds is 6. The Labute approximate surface area is 135 Å². The summed E-state index contributed by atoms with van der Waals surface area (Å²) in [6, 6.07) is 14.2. The standard InChI is InChI=1S/C17H18FNO3S/c18-15-8-4-5-9-16(15)23(21,22)19-12-17(20,14-10-11-14)13-6-2-1-3-7-13/h1-9,14,19-20H,10-12H2/t17-/m0/s1. The number of sulfonamides is 1. The molecule has 23 heavy (non-hydrogen) atoms. The number of halogens is 1. The van der Waals surface area contributed by atoms with Crippen molar-refractivity contribution in [1.82, 2.24) is 4.72 Å². The van der Waals surface area contributed by atoms with E-state index in [0.717, 1.165) is 18.9 Å². The van der Waals surface area contributed by atoms with Crippen molar-refractivity contribution in [2.75, 3.05) is 6.54 Å². The fourth-order valence-electron chi connectivity index (χ4n) is 2.72. The number of nitrogens with one attached hydrogen (secondary N) is 1. The van der Waals surface area contributed by atoms with Gasteiger partial charge < -0.3 is 5.11 Å². The van der Waals surface area contributed by atoms with Crippen LogP contribution in [0.5, 0.6) is 0 Å². The minimum absolute atomic E-state index is 0.00761. The maximum atomic E-state index is 13.7. The maximum Gasteiger partial charge on any atom is 0.243 e. The van der Waals surface area contributed by atoms with Gasteiger partial charge in [0.1, 0.15) is 16.3 Å². The van der Waals surface area contributed by atoms with Crippen molar-refractivity contribution in [1.29, 1.82) is 0 Å². The summed E-state index contributed by atoms with van der Waals surface area (Å²) in [5.74, 6) is -0.803. The van der Waals surface area contributed by atoms with Crippen LogP contribution in [0.15, 0.2) is 59.5 Å². The first-order valence-corrected chi connectivity index (χ1v) is 8.94. The van der Waals surface area contributed by atoms with E-state index in [9.17, 15) is 17.9 Å². The zero-order valence-corrected chi connectivity index (χ0v) is 13.3. The highest BCUT2D eigenvalue weighted by molar-refractivity contribution is 7.89. The molecule has 2 N–H and O–H groups in total. The molecule has 3 rings (SSSR count). The van der Waals surface area contributed by atoms with Crippen LogP contribution in [-0.2, 0) is 15.6 Å². The summed E-state index contributed by atoms with van der Waals surface area (Å²) in [6.07, 6.45) is 1.68. The highest BCUT2D eigenvalue weighted by atomic mass is 32.2. The Hall–Kier alpha value is -1.76. The molecule has 0 heterocycles. The van der Waals surface area contributed by atoms with E-state index in [1.54, 1.807) is 24.3 Å². The lowest BCUT2D eigenvalue weighted by molar-refractivity contribution is 0.0185. The Kier molecular flexibility index (Phi) is 4.23. The normalized spacial score (nSPS) is 17.7. The van der Waals surface area contributed by atoms with Gasteiger partial charge in [0, 0.05) is 6.54 Å². The summed E-state index contributed by atoms with van der Waals surface area (Å²) in [4.78, 5) is -0.411. The van der Waals surface area contributed by atoms with Gasteiger partial charge in [-0.2, -0.15) is 0 Å². The van der Waals surface area contributed by atoms with E-state index in [-0.39, 0.29) is 12.5 Å². The van der Waals surface area contributed by atoms with Gasteiger partial charge in [-0.1, -0.05) is 42.5 Å². The van der Waals surface area contributed by atoms with Gasteiger partial charge in [-0.3, -0.25) is 0 Å². The molecule has 1 fully saturated rings. The van der Waals surface area contributed by atoms with Crippen molar-refractivity contribution >= 4 is 10.0 Å². The fraction of sp³-hybridized carbons (Fsp3) is 0.294. The van der Waals surface area contributed by atoms with Crippen molar-refractivity contribution in [3.05, 3.63) is 66.0 Å². The summed E-state index contributed by atoms with van der Waals surface area (Å²) in [5, 5.41) is 11.0. The Morgan fingerprint density at radius 2 is 1.70 bits per heavy atom. The highest BCUT2D eigenvalue weighted by Gasteiger charge is 2.45. The average molecular weight is 335 g/mol. The van der Waals surface area contributed by atoms with Crippen LogP contribution in [0, 0.1) is 11.7 Å². The molecule has 122 valence electrons. The van der Waals surface area contributed by atoms with E-state index in [1.165, 1.54) is 18.2 Å². The van der Waals surface area contributed by atoms with E-state index in [0.29, 0.717) is 5.56 Å². The Morgan fingerprint density at radius 1 is 1.09 bits per heavy atom. The molecule has 0 bridgehead atoms. The molecule has 1 atom stereocenters. The molecule has 0 unspecified atom stereocenters. The molecular weight excluding hydrogens is 317 g/mol. The molecular formula is C17H18FNO3S. The first-order chi connectivity index (χ1) is 10.9. The first kappa shape index (κ1) is 16.1. The molecule has 2 aromatic rings. The quantitative estimate of drug-likeness (QED) is 0.852. The summed E-state index contributed by atoms with van der Waals surface area (Å²) in [6.45, 7) is -0.182. The summed E-state index contributed by atoms with van der Waals surface area (Å²) in [5.41, 5.74) is -0.613. The fourth-order valence-corrected chi connectivity index (χ4v) is 3.86. The zero-order valence-electron chi connectivity index (χ0n) is 12.4. The minimum Gasteiger partial charge on any atom is -0.383 e. The molecule has 0 amide bonds. The van der Waals surface area contributed by atoms with Crippen LogP contribution in [0.2, 0.25) is 0 Å². The molecule has 1 aliphatic rings. The van der Waals surface area contributed by atoms with Crippen molar-refractivity contribution in [3.8, 4) is 0 Å². The van der Waals surface area contributed by atoms with Gasteiger partial charge in [0.15, 0.2) is 0 Å². The number of aliphatic hydroxyl groups is 1. The second-order valence-corrected chi connectivity index (χ2v) is 7.55. The Balaban J connectivity index is 1.84. The molecule has 0 radical (unpaired) electrons. The topological polar surface area (TPSA) is 66.4 Å². The van der Waals surface area contributed by atoms with Crippen LogP contribution in [0.1, 0.15) is 18.4 Å². The Morgan fingerprint density at radius 3 is 2.30 bits per heavy atom. The molecule has 0 saturated heterocycles. The lowest BCUT2D eigenvalue weighted by Crippen LogP contribution is -2.42. The second-order valence-electron chi connectivity index (χ2n) is 5.82. The van der Waals surface area contributed by atoms with Crippen LogP contribution < -0.4 is 4.72 Å². The van der Waals surface area contributed by atoms with Crippen LogP contribution in [0.3, 0.4) is 0 Å². The third-order valence-corrected chi connectivity index (χ3v) is 5.62. The lowest BCUT2D eigenvalue weighted by Gasteiger charge is -2.29. The van der Waals surface area contributed by atoms with Gasteiger partial charge >= 0.3 is 0 Å². The Bertz CT molecular complexity index is 790. The van der Waals surface area contributed by atoms with Gasteiger partial charge in [0.25, 0.3) is 0 Å². The van der Waals surface area contributed by atoms with E-state index >= 15 is 0 Å². The third kappa shape index (κ3) is 3.29. The van der Waals surface area contributed by atoms with Crippen molar-refractivity contribution in [2.45, 2.75) is 23.3 Å². The maximum absolute atomic E-state index is 13.7. The van der Waals surface area contributed by atoms with Crippen LogP contribution in [0.25, 0.3) is 0 Å². The molecule has 4 nitrogen and oxygen atoms in total. The largest absolute Gasteiger partial charge is 0.383 e. The monoisotopic (exact) mass is 335 g/mol. The number of hydrogen-bond donors (Lipinski definition) is 2. The van der Waals surface area contributed by atoms with E-state index in [4.69, 9.17) is 0 Å². The first-order valence-electron chi connectivity index (χ1n) is 7.45. The van der Waals surface area contributed by atoms with Crippen LogP contribution in [-0.4, -0.2) is 20.1 Å². The van der Waals surface area contributed by atoms with E-state index in [1.807, 2.05) is 6.07 Å². The van der Waals surface area contributed by atoms with Crippen molar-refractivity contribution in [2.24, 2.45) is 5.92 Å². The minimum atomic E-state index is -4.02. The summed E-state index contributed by atoms with van der Waals surface area (Å²) >= 11 is 0. The molecule has 1 saturated carbocycles. The number of hydrogen-bond acceptors (Lipinski definition) is 3. The molecule has 2 aromatic carbocycles. The molecule has 0 aliphatic heterocycles. The number of benzene rings is 2. The average Bonchev–Trinajstić information content (AvgIpc) is 3.39. The predicted octanol–water partition coefficient (Wildman–Crippen LogP) is 2.40. The van der Waals surface area contributed by atoms with Crippen LogP contribution in [0.4, 0.5) is 4.39 Å². The molecule has 0 spiro atoms. The lowest BCUT2D eigenvalue weighted by atomic mass is 9.89. The highest BCUT2D eigenvalue weighted by Crippen LogP contribution is 2.45.